The predicted octanol–water partition coefficient (Wildman–Crippen LogP) is 3.07. The molecule has 0 saturated heterocycles. The normalized spacial score (nSPS) is 10.7. The zero-order valence-electron chi connectivity index (χ0n) is 11.3. The van der Waals surface area contributed by atoms with E-state index >= 15 is 0 Å². The molecule has 1 heterocycles. The van der Waals surface area contributed by atoms with Gasteiger partial charge in [-0.05, 0) is 50.2 Å². The summed E-state index contributed by atoms with van der Waals surface area (Å²) in [6.45, 7) is 4.14. The van der Waals surface area contributed by atoms with Crippen LogP contribution in [0.5, 0.6) is 5.75 Å². The Morgan fingerprint density at radius 3 is 2.47 bits per heavy atom. The molecule has 0 saturated carbocycles. The number of rotatable bonds is 5. The van der Waals surface area contributed by atoms with Gasteiger partial charge in [0.2, 0.25) is 0 Å². The van der Waals surface area contributed by atoms with Crippen LogP contribution in [0.25, 0.3) is 11.3 Å². The Morgan fingerprint density at radius 2 is 1.84 bits per heavy atom. The maximum atomic E-state index is 8.94. The number of aromatic nitrogens is 1. The van der Waals surface area contributed by atoms with Crippen LogP contribution in [0.2, 0.25) is 0 Å². The van der Waals surface area contributed by atoms with Crippen molar-refractivity contribution in [3.05, 3.63) is 48.2 Å². The number of hydrogen-bond acceptors (Lipinski definition) is 3. The molecule has 0 aliphatic carbocycles. The summed E-state index contributed by atoms with van der Waals surface area (Å²) >= 11 is 0. The van der Waals surface area contributed by atoms with Crippen molar-refractivity contribution < 1.29 is 9.84 Å². The van der Waals surface area contributed by atoms with Crippen LogP contribution < -0.4 is 4.74 Å². The third-order valence-electron chi connectivity index (χ3n) is 2.70. The first-order chi connectivity index (χ1) is 9.19. The molecule has 0 aliphatic heterocycles. The highest BCUT2D eigenvalue weighted by molar-refractivity contribution is 5.60. The molecule has 3 heteroatoms. The van der Waals surface area contributed by atoms with Crippen molar-refractivity contribution in [3.63, 3.8) is 0 Å². The van der Waals surface area contributed by atoms with E-state index in [1.165, 1.54) is 0 Å². The second-order valence-corrected chi connectivity index (χ2v) is 4.68. The third kappa shape index (κ3) is 3.80. The number of aliphatic hydroxyl groups excluding tert-OH is 1. The van der Waals surface area contributed by atoms with Crippen LogP contribution in [-0.4, -0.2) is 22.8 Å². The molecule has 0 bridgehead atoms. The predicted molar refractivity (Wildman–Crippen MR) is 76.2 cm³/mol. The number of nitrogens with zero attached hydrogens (tertiary/aromatic N) is 1. The molecular formula is C16H19NO2. The van der Waals surface area contributed by atoms with Gasteiger partial charge in [0.25, 0.3) is 0 Å². The van der Waals surface area contributed by atoms with Gasteiger partial charge in [0.05, 0.1) is 11.8 Å². The van der Waals surface area contributed by atoms with Crippen LogP contribution in [0.3, 0.4) is 0 Å². The minimum Gasteiger partial charge on any atom is -0.491 e. The lowest BCUT2D eigenvalue weighted by molar-refractivity contribution is 0.242. The second-order valence-electron chi connectivity index (χ2n) is 4.68. The van der Waals surface area contributed by atoms with E-state index in [2.05, 4.69) is 4.98 Å². The second kappa shape index (κ2) is 6.34. The molecule has 19 heavy (non-hydrogen) atoms. The van der Waals surface area contributed by atoms with E-state index < -0.39 is 0 Å². The van der Waals surface area contributed by atoms with Crippen LogP contribution in [-0.2, 0) is 6.42 Å². The Bertz CT molecular complexity index is 521. The average molecular weight is 257 g/mol. The first-order valence-corrected chi connectivity index (χ1v) is 6.53. The van der Waals surface area contributed by atoms with Crippen LogP contribution in [0.15, 0.2) is 42.5 Å². The van der Waals surface area contributed by atoms with Gasteiger partial charge in [0.1, 0.15) is 5.75 Å². The lowest BCUT2D eigenvalue weighted by Gasteiger charge is -2.10. The molecule has 0 amide bonds. The molecule has 0 spiro atoms. The van der Waals surface area contributed by atoms with Crippen molar-refractivity contribution in [1.29, 1.82) is 0 Å². The van der Waals surface area contributed by atoms with Crippen molar-refractivity contribution >= 4 is 0 Å². The molecule has 1 N–H and O–H groups in total. The summed E-state index contributed by atoms with van der Waals surface area (Å²) in [6, 6.07) is 13.8. The van der Waals surface area contributed by atoms with Crippen molar-refractivity contribution in [2.75, 3.05) is 6.61 Å². The zero-order chi connectivity index (χ0) is 13.7. The molecule has 0 unspecified atom stereocenters. The molecular weight excluding hydrogens is 238 g/mol. The monoisotopic (exact) mass is 257 g/mol. The van der Waals surface area contributed by atoms with Crippen molar-refractivity contribution in [2.45, 2.75) is 26.4 Å². The lowest BCUT2D eigenvalue weighted by Crippen LogP contribution is -2.05. The minimum atomic E-state index is 0.123. The Kier molecular flexibility index (Phi) is 4.53. The Labute approximate surface area is 113 Å². The van der Waals surface area contributed by atoms with Crippen molar-refractivity contribution in [2.24, 2.45) is 0 Å². The van der Waals surface area contributed by atoms with Crippen molar-refractivity contribution in [1.82, 2.24) is 4.98 Å². The van der Waals surface area contributed by atoms with Gasteiger partial charge in [-0.3, -0.25) is 4.98 Å². The molecule has 1 aromatic heterocycles. The smallest absolute Gasteiger partial charge is 0.119 e. The van der Waals surface area contributed by atoms with E-state index in [4.69, 9.17) is 9.84 Å². The van der Waals surface area contributed by atoms with E-state index in [1.807, 2.05) is 56.3 Å². The third-order valence-corrected chi connectivity index (χ3v) is 2.70. The van der Waals surface area contributed by atoms with Crippen molar-refractivity contribution in [3.8, 4) is 17.0 Å². The minimum absolute atomic E-state index is 0.123. The molecule has 3 nitrogen and oxygen atoms in total. The fourth-order valence-corrected chi connectivity index (χ4v) is 1.87. The molecule has 0 atom stereocenters. The summed E-state index contributed by atoms with van der Waals surface area (Å²) in [5.41, 5.74) is 2.88. The zero-order valence-corrected chi connectivity index (χ0v) is 11.3. The molecule has 1 aromatic carbocycles. The standard InChI is InChI=1S/C16H19NO2/c1-12(2)19-15-8-6-13(7-9-15)16-5-3-4-14(17-16)10-11-18/h3-9,12,18H,10-11H2,1-2H3. The highest BCUT2D eigenvalue weighted by atomic mass is 16.5. The fraction of sp³-hybridized carbons (Fsp3) is 0.312. The number of benzene rings is 1. The lowest BCUT2D eigenvalue weighted by atomic mass is 10.1. The Balaban J connectivity index is 2.19. The largest absolute Gasteiger partial charge is 0.491 e. The maximum Gasteiger partial charge on any atom is 0.119 e. The summed E-state index contributed by atoms with van der Waals surface area (Å²) in [4.78, 5) is 4.52. The first kappa shape index (κ1) is 13.6. The highest BCUT2D eigenvalue weighted by Crippen LogP contribution is 2.21. The van der Waals surface area contributed by atoms with E-state index in [9.17, 15) is 0 Å². The van der Waals surface area contributed by atoms with E-state index in [1.54, 1.807) is 0 Å². The number of aliphatic hydroxyl groups is 1. The van der Waals surface area contributed by atoms with Gasteiger partial charge in [0, 0.05) is 24.3 Å². The van der Waals surface area contributed by atoms with Gasteiger partial charge >= 0.3 is 0 Å². The van der Waals surface area contributed by atoms with Crippen LogP contribution in [0.1, 0.15) is 19.5 Å². The summed E-state index contributed by atoms with van der Waals surface area (Å²) in [5.74, 6) is 0.866. The molecule has 0 radical (unpaired) electrons. The van der Waals surface area contributed by atoms with E-state index in [0.717, 1.165) is 22.7 Å². The molecule has 0 aliphatic rings. The number of ether oxygens (including phenoxy) is 1. The molecule has 0 fully saturated rings. The van der Waals surface area contributed by atoms with Crippen LogP contribution >= 0.6 is 0 Å². The topological polar surface area (TPSA) is 42.4 Å². The van der Waals surface area contributed by atoms with Gasteiger partial charge in [0.15, 0.2) is 0 Å². The maximum absolute atomic E-state index is 8.94. The van der Waals surface area contributed by atoms with Crippen LogP contribution in [0, 0.1) is 0 Å². The number of pyridine rings is 1. The van der Waals surface area contributed by atoms with E-state index in [-0.39, 0.29) is 12.7 Å². The summed E-state index contributed by atoms with van der Waals surface area (Å²) in [7, 11) is 0. The molecule has 2 rings (SSSR count). The van der Waals surface area contributed by atoms with Gasteiger partial charge in [-0.15, -0.1) is 0 Å². The van der Waals surface area contributed by atoms with Gasteiger partial charge in [-0.25, -0.2) is 0 Å². The molecule has 2 aromatic rings. The summed E-state index contributed by atoms with van der Waals surface area (Å²) in [6.07, 6.45) is 0.763. The Hall–Kier alpha value is -1.87. The average Bonchev–Trinajstić information content (AvgIpc) is 2.40. The Morgan fingerprint density at radius 1 is 1.11 bits per heavy atom. The van der Waals surface area contributed by atoms with Gasteiger partial charge in [-0.1, -0.05) is 6.07 Å². The van der Waals surface area contributed by atoms with Gasteiger partial charge in [-0.2, -0.15) is 0 Å². The summed E-state index contributed by atoms with van der Waals surface area (Å²) < 4.78 is 5.61. The quantitative estimate of drug-likeness (QED) is 0.895. The molecule has 100 valence electrons. The SMILES string of the molecule is CC(C)Oc1ccc(-c2cccc(CCO)n2)cc1. The van der Waals surface area contributed by atoms with E-state index in [0.29, 0.717) is 6.42 Å². The first-order valence-electron chi connectivity index (χ1n) is 6.53. The number of hydrogen-bond donors (Lipinski definition) is 1. The summed E-state index contributed by atoms with van der Waals surface area (Å²) in [5, 5.41) is 8.94. The van der Waals surface area contributed by atoms with Crippen LogP contribution in [0.4, 0.5) is 0 Å². The highest BCUT2D eigenvalue weighted by Gasteiger charge is 2.02. The van der Waals surface area contributed by atoms with Gasteiger partial charge < -0.3 is 9.84 Å². The fourth-order valence-electron chi connectivity index (χ4n) is 1.87.